The zero-order valence-corrected chi connectivity index (χ0v) is 13.1. The number of nitrogens with two attached hydrogens (primary N) is 1. The van der Waals surface area contributed by atoms with E-state index in [2.05, 4.69) is 29.4 Å². The first kappa shape index (κ1) is 13.7. The van der Waals surface area contributed by atoms with Gasteiger partial charge in [-0.05, 0) is 37.8 Å². The third kappa shape index (κ3) is 2.75. The molecule has 1 aliphatic rings. The van der Waals surface area contributed by atoms with Crippen molar-refractivity contribution in [2.75, 3.05) is 11.1 Å². The van der Waals surface area contributed by atoms with Gasteiger partial charge in [0.15, 0.2) is 0 Å². The predicted octanol–water partition coefficient (Wildman–Crippen LogP) is 4.57. The molecule has 0 amide bonds. The third-order valence-electron chi connectivity index (χ3n) is 4.37. The summed E-state index contributed by atoms with van der Waals surface area (Å²) in [4.78, 5) is 4.57. The third-order valence-corrected chi connectivity index (χ3v) is 5.30. The minimum atomic E-state index is 0.539. The Balaban J connectivity index is 1.87. The average molecular weight is 289 g/mol. The number of nitrogen functional groups attached to an aromatic ring is 1. The van der Waals surface area contributed by atoms with Crippen LogP contribution in [0.3, 0.4) is 0 Å². The number of nitrogens with zero attached hydrogens (tertiary/aromatic N) is 1. The van der Waals surface area contributed by atoms with Gasteiger partial charge in [-0.3, -0.25) is 0 Å². The zero-order valence-electron chi connectivity index (χ0n) is 12.3. The summed E-state index contributed by atoms with van der Waals surface area (Å²) in [6.07, 6.45) is 6.60. The maximum absolute atomic E-state index is 6.21. The fourth-order valence-electron chi connectivity index (χ4n) is 3.14. The second-order valence-electron chi connectivity index (χ2n) is 6.01. The van der Waals surface area contributed by atoms with E-state index in [4.69, 9.17) is 5.73 Å². The average Bonchev–Trinajstić information content (AvgIpc) is 2.62. The second kappa shape index (κ2) is 5.60. The molecule has 1 fully saturated rings. The number of benzene rings is 1. The molecule has 2 unspecified atom stereocenters. The van der Waals surface area contributed by atoms with Gasteiger partial charge in [-0.25, -0.2) is 4.98 Å². The van der Waals surface area contributed by atoms with Crippen LogP contribution >= 0.6 is 11.3 Å². The van der Waals surface area contributed by atoms with Crippen LogP contribution in [-0.4, -0.2) is 11.0 Å². The number of thiazole rings is 1. The molecule has 20 heavy (non-hydrogen) atoms. The van der Waals surface area contributed by atoms with Crippen LogP contribution in [0.15, 0.2) is 12.1 Å². The van der Waals surface area contributed by atoms with Crippen LogP contribution in [0.5, 0.6) is 0 Å². The first-order valence-electron chi connectivity index (χ1n) is 7.56. The largest absolute Gasteiger partial charge is 0.397 e. The summed E-state index contributed by atoms with van der Waals surface area (Å²) in [6, 6.07) is 4.71. The van der Waals surface area contributed by atoms with Crippen LogP contribution in [0, 0.1) is 12.8 Å². The van der Waals surface area contributed by atoms with Gasteiger partial charge < -0.3 is 11.1 Å². The van der Waals surface area contributed by atoms with Crippen molar-refractivity contribution >= 4 is 32.9 Å². The minimum absolute atomic E-state index is 0.539. The number of rotatable bonds is 2. The zero-order chi connectivity index (χ0) is 14.1. The smallest absolute Gasteiger partial charge is 0.0907 e. The van der Waals surface area contributed by atoms with E-state index in [1.165, 1.54) is 36.8 Å². The Bertz CT molecular complexity index is 605. The molecule has 3 nitrogen and oxygen atoms in total. The lowest BCUT2D eigenvalue weighted by Gasteiger charge is -2.24. The molecule has 0 bridgehead atoms. The summed E-state index contributed by atoms with van der Waals surface area (Å²) in [5, 5.41) is 4.78. The topological polar surface area (TPSA) is 50.9 Å². The Morgan fingerprint density at radius 2 is 2.05 bits per heavy atom. The molecule has 108 valence electrons. The van der Waals surface area contributed by atoms with E-state index < -0.39 is 0 Å². The molecular formula is C16H23N3S. The number of hydrogen-bond donors (Lipinski definition) is 2. The molecule has 4 heteroatoms. The lowest BCUT2D eigenvalue weighted by molar-refractivity contribution is 0.457. The summed E-state index contributed by atoms with van der Waals surface area (Å²) >= 11 is 1.71. The molecule has 0 spiro atoms. The van der Waals surface area contributed by atoms with Crippen molar-refractivity contribution in [3.8, 4) is 0 Å². The van der Waals surface area contributed by atoms with Crippen LogP contribution in [-0.2, 0) is 0 Å². The molecule has 1 aromatic heterocycles. The van der Waals surface area contributed by atoms with Gasteiger partial charge in [0.05, 0.1) is 26.6 Å². The van der Waals surface area contributed by atoms with Crippen molar-refractivity contribution in [3.05, 3.63) is 17.1 Å². The summed E-state index contributed by atoms with van der Waals surface area (Å²) in [6.45, 7) is 4.39. The fraction of sp³-hybridized carbons (Fsp3) is 0.562. The van der Waals surface area contributed by atoms with Crippen LogP contribution < -0.4 is 11.1 Å². The van der Waals surface area contributed by atoms with Gasteiger partial charge in [0, 0.05) is 6.04 Å². The van der Waals surface area contributed by atoms with Crippen molar-refractivity contribution in [1.82, 2.24) is 4.98 Å². The number of aromatic nitrogens is 1. The van der Waals surface area contributed by atoms with Crippen molar-refractivity contribution < 1.29 is 0 Å². The predicted molar refractivity (Wildman–Crippen MR) is 88.4 cm³/mol. The molecule has 1 aliphatic carbocycles. The quantitative estimate of drug-likeness (QED) is 0.629. The van der Waals surface area contributed by atoms with E-state index >= 15 is 0 Å². The van der Waals surface area contributed by atoms with Crippen molar-refractivity contribution in [1.29, 1.82) is 0 Å². The Morgan fingerprint density at radius 1 is 1.25 bits per heavy atom. The first-order chi connectivity index (χ1) is 9.63. The van der Waals surface area contributed by atoms with Gasteiger partial charge >= 0.3 is 0 Å². The van der Waals surface area contributed by atoms with Crippen molar-refractivity contribution in [2.24, 2.45) is 5.92 Å². The van der Waals surface area contributed by atoms with Crippen LogP contribution in [0.2, 0.25) is 0 Å². The molecule has 0 radical (unpaired) electrons. The monoisotopic (exact) mass is 289 g/mol. The van der Waals surface area contributed by atoms with Gasteiger partial charge in [-0.2, -0.15) is 0 Å². The Hall–Kier alpha value is -1.29. The molecule has 0 aliphatic heterocycles. The summed E-state index contributed by atoms with van der Waals surface area (Å²) in [5.41, 5.74) is 9.18. The van der Waals surface area contributed by atoms with Crippen LogP contribution in [0.4, 0.5) is 11.4 Å². The van der Waals surface area contributed by atoms with Gasteiger partial charge in [0.2, 0.25) is 0 Å². The van der Waals surface area contributed by atoms with E-state index in [9.17, 15) is 0 Å². The minimum Gasteiger partial charge on any atom is -0.397 e. The molecule has 1 aromatic carbocycles. The van der Waals surface area contributed by atoms with Crippen LogP contribution in [0.1, 0.15) is 44.0 Å². The molecular weight excluding hydrogens is 266 g/mol. The highest BCUT2D eigenvalue weighted by Crippen LogP contribution is 2.32. The lowest BCUT2D eigenvalue weighted by Crippen LogP contribution is -2.26. The number of anilines is 2. The van der Waals surface area contributed by atoms with Gasteiger partial charge in [-0.1, -0.05) is 26.2 Å². The fourth-order valence-corrected chi connectivity index (χ4v) is 3.99. The van der Waals surface area contributed by atoms with Crippen molar-refractivity contribution in [3.63, 3.8) is 0 Å². The maximum Gasteiger partial charge on any atom is 0.0907 e. The number of nitrogens with one attached hydrogen (secondary N) is 1. The second-order valence-corrected chi connectivity index (χ2v) is 7.24. The van der Waals surface area contributed by atoms with Crippen LogP contribution in [0.25, 0.3) is 10.2 Å². The highest BCUT2D eigenvalue weighted by atomic mass is 32.1. The van der Waals surface area contributed by atoms with E-state index in [0.717, 1.165) is 21.9 Å². The molecule has 1 saturated carbocycles. The lowest BCUT2D eigenvalue weighted by atomic mass is 9.96. The number of aryl methyl sites for hydroxylation is 1. The molecule has 1 heterocycles. The van der Waals surface area contributed by atoms with Gasteiger partial charge in [0.25, 0.3) is 0 Å². The van der Waals surface area contributed by atoms with Gasteiger partial charge in [-0.15, -0.1) is 11.3 Å². The normalized spacial score (nSPS) is 23.7. The van der Waals surface area contributed by atoms with E-state index in [-0.39, 0.29) is 0 Å². The molecule has 3 rings (SSSR count). The van der Waals surface area contributed by atoms with Crippen molar-refractivity contribution in [2.45, 2.75) is 52.0 Å². The maximum atomic E-state index is 6.21. The molecule has 3 N–H and O–H groups in total. The van der Waals surface area contributed by atoms with Gasteiger partial charge in [0.1, 0.15) is 0 Å². The Kier molecular flexibility index (Phi) is 3.83. The SMILES string of the molecule is Cc1nc2cc(NC3CCCCCC3C)c(N)cc2s1. The number of fused-ring (bicyclic) bond motifs is 1. The first-order valence-corrected chi connectivity index (χ1v) is 8.38. The van der Waals surface area contributed by atoms with E-state index in [1.54, 1.807) is 11.3 Å². The van der Waals surface area contributed by atoms with E-state index in [0.29, 0.717) is 12.0 Å². The highest BCUT2D eigenvalue weighted by molar-refractivity contribution is 7.18. The van der Waals surface area contributed by atoms with E-state index in [1.807, 2.05) is 6.92 Å². The summed E-state index contributed by atoms with van der Waals surface area (Å²) < 4.78 is 1.18. The molecule has 2 atom stereocenters. The standard InChI is InChI=1S/C16H23N3S/c1-10-6-4-3-5-7-13(10)19-14-9-15-16(8-12(14)17)20-11(2)18-15/h8-10,13,19H,3-7,17H2,1-2H3. The summed E-state index contributed by atoms with van der Waals surface area (Å²) in [5.74, 6) is 0.713. The Labute approximate surface area is 124 Å². The molecule has 2 aromatic rings. The summed E-state index contributed by atoms with van der Waals surface area (Å²) in [7, 11) is 0. The Morgan fingerprint density at radius 3 is 2.90 bits per heavy atom. The highest BCUT2D eigenvalue weighted by Gasteiger charge is 2.20. The number of hydrogen-bond acceptors (Lipinski definition) is 4. The molecule has 0 saturated heterocycles.